The maximum Gasteiger partial charge on any atom is 0.408 e. The Bertz CT molecular complexity index is 838. The number of aromatic nitrogens is 1. The second-order valence-corrected chi connectivity index (χ2v) is 7.02. The molecule has 2 unspecified atom stereocenters. The van der Waals surface area contributed by atoms with Gasteiger partial charge in [-0.2, -0.15) is 0 Å². The van der Waals surface area contributed by atoms with Crippen LogP contribution in [0.15, 0.2) is 23.7 Å². The molecule has 2 amide bonds. The van der Waals surface area contributed by atoms with Crippen molar-refractivity contribution in [2.75, 3.05) is 6.54 Å². The number of phenols is 1. The van der Waals surface area contributed by atoms with E-state index in [-0.39, 0.29) is 25.3 Å². The van der Waals surface area contributed by atoms with Crippen molar-refractivity contribution in [1.29, 1.82) is 0 Å². The van der Waals surface area contributed by atoms with Gasteiger partial charge in [0.25, 0.3) is 0 Å². The van der Waals surface area contributed by atoms with Crippen molar-refractivity contribution in [3.63, 3.8) is 0 Å². The number of nitrogens with one attached hydrogen (secondary N) is 1. The smallest absolute Gasteiger partial charge is 0.408 e. The second kappa shape index (κ2) is 7.30. The van der Waals surface area contributed by atoms with Gasteiger partial charge in [0.1, 0.15) is 11.8 Å². The number of hydrogen-bond acceptors (Lipinski definition) is 6. The molecule has 2 aromatic rings. The summed E-state index contributed by atoms with van der Waals surface area (Å²) < 4.78 is 0. The number of aliphatic hydroxyl groups is 1. The number of aromatic hydroxyl groups is 1. The SMILES string of the molecule is Cc1ncsc1-c1ccc(CNC(=O)C2CC(O)CN2C(=O)O)c(O)c1. The molecule has 1 saturated heterocycles. The minimum absolute atomic E-state index is 0.0390. The Morgan fingerprint density at radius 1 is 1.42 bits per heavy atom. The number of benzene rings is 1. The highest BCUT2D eigenvalue weighted by atomic mass is 32.1. The van der Waals surface area contributed by atoms with Gasteiger partial charge in [-0.15, -0.1) is 11.3 Å². The summed E-state index contributed by atoms with van der Waals surface area (Å²) in [5, 5.41) is 31.6. The number of carboxylic acid groups (broad SMARTS) is 1. The fraction of sp³-hybridized carbons (Fsp3) is 0.353. The normalized spacial score (nSPS) is 19.5. The summed E-state index contributed by atoms with van der Waals surface area (Å²) in [6.45, 7) is 1.87. The van der Waals surface area contributed by atoms with Crippen LogP contribution in [-0.4, -0.2) is 55.9 Å². The standard InChI is InChI=1S/C17H19N3O5S/c1-9-15(26-8-19-9)10-2-3-11(14(22)4-10)6-18-16(23)13-5-12(21)7-20(13)17(24)25/h2-4,8,12-13,21-22H,5-7H2,1H3,(H,18,23)(H,24,25). The van der Waals surface area contributed by atoms with Crippen molar-refractivity contribution in [3.8, 4) is 16.2 Å². The zero-order valence-corrected chi connectivity index (χ0v) is 14.9. The van der Waals surface area contributed by atoms with Crippen molar-refractivity contribution in [2.24, 2.45) is 0 Å². The highest BCUT2D eigenvalue weighted by Gasteiger charge is 2.38. The van der Waals surface area contributed by atoms with E-state index in [0.29, 0.717) is 5.56 Å². The average molecular weight is 377 g/mol. The molecule has 1 fully saturated rings. The number of β-amino-alcohol motifs (C(OH)–C–C–N with tert-alkyl or cyclic N) is 1. The number of rotatable bonds is 4. The molecule has 8 nitrogen and oxygen atoms in total. The van der Waals surface area contributed by atoms with E-state index >= 15 is 0 Å². The van der Waals surface area contributed by atoms with Gasteiger partial charge in [-0.25, -0.2) is 9.78 Å². The average Bonchev–Trinajstić information content (AvgIpc) is 3.19. The lowest BCUT2D eigenvalue weighted by Crippen LogP contribution is -2.45. The number of carbonyl (C=O) groups is 2. The molecule has 2 atom stereocenters. The van der Waals surface area contributed by atoms with Crippen LogP contribution in [0.3, 0.4) is 0 Å². The Morgan fingerprint density at radius 2 is 2.19 bits per heavy atom. The van der Waals surface area contributed by atoms with Gasteiger partial charge in [-0.1, -0.05) is 12.1 Å². The van der Waals surface area contributed by atoms with Crippen molar-refractivity contribution >= 4 is 23.3 Å². The molecule has 0 spiro atoms. The molecule has 0 saturated carbocycles. The van der Waals surface area contributed by atoms with E-state index < -0.39 is 24.1 Å². The first-order valence-corrected chi connectivity index (χ1v) is 8.92. The summed E-state index contributed by atoms with van der Waals surface area (Å²) in [6.07, 6.45) is -2.03. The zero-order chi connectivity index (χ0) is 18.8. The minimum Gasteiger partial charge on any atom is -0.508 e. The number of hydrogen-bond donors (Lipinski definition) is 4. The second-order valence-electron chi connectivity index (χ2n) is 6.17. The van der Waals surface area contributed by atoms with Crippen LogP contribution in [0.25, 0.3) is 10.4 Å². The first-order chi connectivity index (χ1) is 12.4. The number of nitrogens with zero attached hydrogens (tertiary/aromatic N) is 2. The molecule has 1 aromatic heterocycles. The summed E-state index contributed by atoms with van der Waals surface area (Å²) in [5.74, 6) is -0.456. The van der Waals surface area contributed by atoms with Gasteiger partial charge >= 0.3 is 6.09 Å². The van der Waals surface area contributed by atoms with Crippen molar-refractivity contribution in [1.82, 2.24) is 15.2 Å². The summed E-state index contributed by atoms with van der Waals surface area (Å²) in [4.78, 5) is 29.5. The van der Waals surface area contributed by atoms with Gasteiger partial charge in [-0.05, 0) is 18.6 Å². The Labute approximate surface area is 153 Å². The number of likely N-dealkylation sites (tertiary alicyclic amines) is 1. The highest BCUT2D eigenvalue weighted by Crippen LogP contribution is 2.31. The van der Waals surface area contributed by atoms with Crippen LogP contribution in [0.4, 0.5) is 4.79 Å². The van der Waals surface area contributed by atoms with Gasteiger partial charge < -0.3 is 20.6 Å². The summed E-state index contributed by atoms with van der Waals surface area (Å²) in [6, 6.07) is 4.24. The van der Waals surface area contributed by atoms with E-state index in [9.17, 15) is 19.8 Å². The molecular weight excluding hydrogens is 358 g/mol. The van der Waals surface area contributed by atoms with Crippen LogP contribution in [0.5, 0.6) is 5.75 Å². The minimum atomic E-state index is -1.24. The number of phenolic OH excluding ortho intramolecular Hbond substituents is 1. The van der Waals surface area contributed by atoms with Gasteiger partial charge in [-0.3, -0.25) is 9.69 Å². The van der Waals surface area contributed by atoms with Crippen LogP contribution < -0.4 is 5.32 Å². The Balaban J connectivity index is 1.67. The van der Waals surface area contributed by atoms with Crippen LogP contribution in [0, 0.1) is 6.92 Å². The lowest BCUT2D eigenvalue weighted by molar-refractivity contribution is -0.125. The maximum atomic E-state index is 12.3. The molecule has 3 rings (SSSR count). The first kappa shape index (κ1) is 18.2. The van der Waals surface area contributed by atoms with E-state index in [1.54, 1.807) is 17.6 Å². The van der Waals surface area contributed by atoms with Crippen molar-refractivity contribution < 1.29 is 24.9 Å². The van der Waals surface area contributed by atoms with E-state index in [2.05, 4.69) is 10.3 Å². The third-order valence-corrected chi connectivity index (χ3v) is 5.35. The van der Waals surface area contributed by atoms with Crippen molar-refractivity contribution in [2.45, 2.75) is 32.0 Å². The molecule has 1 aliphatic heterocycles. The topological polar surface area (TPSA) is 123 Å². The quantitative estimate of drug-likeness (QED) is 0.641. The van der Waals surface area contributed by atoms with Crippen molar-refractivity contribution in [3.05, 3.63) is 35.0 Å². The molecule has 0 aliphatic carbocycles. The monoisotopic (exact) mass is 377 g/mol. The van der Waals surface area contributed by atoms with Gasteiger partial charge in [0.05, 0.1) is 28.7 Å². The number of amides is 2. The molecule has 0 radical (unpaired) electrons. The van der Waals surface area contributed by atoms with Gasteiger partial charge in [0.2, 0.25) is 5.91 Å². The molecule has 0 bridgehead atoms. The third kappa shape index (κ3) is 3.63. The Hall–Kier alpha value is -2.65. The van der Waals surface area contributed by atoms with E-state index in [4.69, 9.17) is 5.11 Å². The fourth-order valence-corrected chi connectivity index (χ4v) is 3.81. The summed E-state index contributed by atoms with van der Waals surface area (Å²) in [7, 11) is 0. The maximum absolute atomic E-state index is 12.3. The van der Waals surface area contributed by atoms with Crippen LogP contribution in [-0.2, 0) is 11.3 Å². The largest absolute Gasteiger partial charge is 0.508 e. The summed E-state index contributed by atoms with van der Waals surface area (Å²) in [5.41, 5.74) is 3.97. The van der Waals surface area contributed by atoms with Crippen LogP contribution in [0.2, 0.25) is 0 Å². The molecule has 138 valence electrons. The molecule has 26 heavy (non-hydrogen) atoms. The summed E-state index contributed by atoms with van der Waals surface area (Å²) >= 11 is 1.48. The Kier molecular flexibility index (Phi) is 5.10. The predicted octanol–water partition coefficient (Wildman–Crippen LogP) is 1.55. The van der Waals surface area contributed by atoms with Gasteiger partial charge in [0, 0.05) is 18.5 Å². The third-order valence-electron chi connectivity index (χ3n) is 4.37. The van der Waals surface area contributed by atoms with Crippen LogP contribution in [0.1, 0.15) is 17.7 Å². The molecule has 1 aromatic carbocycles. The first-order valence-electron chi connectivity index (χ1n) is 8.04. The lowest BCUT2D eigenvalue weighted by Gasteiger charge is -2.20. The number of aryl methyl sites for hydroxylation is 1. The lowest BCUT2D eigenvalue weighted by atomic mass is 10.1. The van der Waals surface area contributed by atoms with Crippen LogP contribution >= 0.6 is 11.3 Å². The molecule has 9 heteroatoms. The number of thiazole rings is 1. The number of carbonyl (C=O) groups excluding carboxylic acids is 1. The van der Waals surface area contributed by atoms with E-state index in [0.717, 1.165) is 21.0 Å². The number of aliphatic hydroxyl groups excluding tert-OH is 1. The van der Waals surface area contributed by atoms with E-state index in [1.165, 1.54) is 11.3 Å². The predicted molar refractivity (Wildman–Crippen MR) is 94.9 cm³/mol. The fourth-order valence-electron chi connectivity index (χ4n) is 3.01. The Morgan fingerprint density at radius 3 is 2.81 bits per heavy atom. The highest BCUT2D eigenvalue weighted by molar-refractivity contribution is 7.13. The zero-order valence-electron chi connectivity index (χ0n) is 14.0. The molecular formula is C17H19N3O5S. The van der Waals surface area contributed by atoms with Gasteiger partial charge in [0.15, 0.2) is 0 Å². The van der Waals surface area contributed by atoms with E-state index in [1.807, 2.05) is 13.0 Å². The molecule has 4 N–H and O–H groups in total. The molecule has 2 heterocycles. The molecule has 1 aliphatic rings.